The summed E-state index contributed by atoms with van der Waals surface area (Å²) < 4.78 is 36.4. The van der Waals surface area contributed by atoms with Gasteiger partial charge in [0.1, 0.15) is 19.8 Å². The number of hydrogen-bond acceptors (Lipinski definition) is 12. The molecule has 34 heavy (non-hydrogen) atoms. The molecule has 0 radical (unpaired) electrons. The van der Waals surface area contributed by atoms with Crippen LogP contribution in [0.1, 0.15) is 0 Å². The van der Waals surface area contributed by atoms with Crippen molar-refractivity contribution in [3.63, 3.8) is 0 Å². The van der Waals surface area contributed by atoms with Crippen LogP contribution in [0.5, 0.6) is 11.5 Å². The molecule has 0 aromatic heterocycles. The van der Waals surface area contributed by atoms with Crippen molar-refractivity contribution >= 4 is 17.3 Å². The van der Waals surface area contributed by atoms with Crippen LogP contribution in [0.4, 0.5) is 11.4 Å². The van der Waals surface area contributed by atoms with Crippen molar-refractivity contribution in [1.29, 1.82) is 0 Å². The van der Waals surface area contributed by atoms with Gasteiger partial charge in [0.15, 0.2) is 11.5 Å². The number of ether oxygens (including phenoxy) is 7. The predicted octanol–water partition coefficient (Wildman–Crippen LogP) is 1.06. The first-order valence-corrected chi connectivity index (χ1v) is 10.1. The molecule has 0 aliphatic rings. The summed E-state index contributed by atoms with van der Waals surface area (Å²) in [6.07, 6.45) is 0. The standard InChI is InChI=1S/C19H28N2O13/c1-28-2-3-29-4-5-30-8-10-33-17-12-15(20(24)25)16(21(26)27)13-18(17)34-11-9-31-6-7-32-14-19(22)23/h12-13H,2-11,14H2,1H3,(H,22,23). The molecule has 0 saturated heterocycles. The molecule has 0 spiro atoms. The Balaban J connectivity index is 2.59. The summed E-state index contributed by atoms with van der Waals surface area (Å²) in [5.41, 5.74) is -1.49. The zero-order chi connectivity index (χ0) is 25.2. The van der Waals surface area contributed by atoms with Crippen LogP contribution < -0.4 is 9.47 Å². The Morgan fingerprint density at radius 2 is 1.12 bits per heavy atom. The monoisotopic (exact) mass is 492 g/mol. The number of aliphatic carboxylic acids is 1. The summed E-state index contributed by atoms with van der Waals surface area (Å²) in [5.74, 6) is -1.25. The summed E-state index contributed by atoms with van der Waals surface area (Å²) in [4.78, 5) is 31.0. The Kier molecular flexibility index (Phi) is 14.8. The number of nitrogens with zero attached hydrogens (tertiary/aromatic N) is 2. The van der Waals surface area contributed by atoms with Crippen molar-refractivity contribution in [2.45, 2.75) is 0 Å². The van der Waals surface area contributed by atoms with Crippen LogP contribution in [-0.2, 0) is 28.5 Å². The van der Waals surface area contributed by atoms with Crippen molar-refractivity contribution in [2.75, 3.05) is 79.8 Å². The van der Waals surface area contributed by atoms with Gasteiger partial charge in [-0.1, -0.05) is 0 Å². The maximum atomic E-state index is 11.2. The molecule has 192 valence electrons. The minimum absolute atomic E-state index is 0.000806. The van der Waals surface area contributed by atoms with Gasteiger partial charge in [-0.25, -0.2) is 4.79 Å². The maximum absolute atomic E-state index is 11.2. The van der Waals surface area contributed by atoms with E-state index in [0.717, 1.165) is 12.1 Å². The summed E-state index contributed by atoms with van der Waals surface area (Å²) in [6, 6.07) is 1.83. The third-order valence-electron chi connectivity index (χ3n) is 3.81. The predicted molar refractivity (Wildman–Crippen MR) is 114 cm³/mol. The highest BCUT2D eigenvalue weighted by molar-refractivity contribution is 5.68. The SMILES string of the molecule is COCCOCCOCCOc1cc([N+](=O)[O-])c([N+](=O)[O-])cc1OCCOCCOCC(=O)O. The van der Waals surface area contributed by atoms with E-state index < -0.39 is 33.8 Å². The largest absolute Gasteiger partial charge is 0.487 e. The van der Waals surface area contributed by atoms with E-state index in [-0.39, 0.29) is 51.1 Å². The highest BCUT2D eigenvalue weighted by Gasteiger charge is 2.28. The molecule has 0 amide bonds. The minimum atomic E-state index is -1.10. The van der Waals surface area contributed by atoms with E-state index in [2.05, 4.69) is 0 Å². The fourth-order valence-electron chi connectivity index (χ4n) is 2.32. The van der Waals surface area contributed by atoms with Gasteiger partial charge in [0.2, 0.25) is 0 Å². The molecule has 0 aliphatic carbocycles. The van der Waals surface area contributed by atoms with Gasteiger partial charge in [-0.05, 0) is 0 Å². The van der Waals surface area contributed by atoms with Crippen LogP contribution in [0, 0.1) is 20.2 Å². The Hall–Kier alpha value is -3.11. The zero-order valence-electron chi connectivity index (χ0n) is 18.7. The van der Waals surface area contributed by atoms with Crippen LogP contribution in [-0.4, -0.2) is 101 Å². The van der Waals surface area contributed by atoms with E-state index in [0.29, 0.717) is 26.4 Å². The molecular weight excluding hydrogens is 464 g/mol. The number of methoxy groups -OCH3 is 1. The normalized spacial score (nSPS) is 10.7. The van der Waals surface area contributed by atoms with Gasteiger partial charge in [-0.15, -0.1) is 0 Å². The van der Waals surface area contributed by atoms with E-state index in [9.17, 15) is 25.0 Å². The number of carbonyl (C=O) groups is 1. The average molecular weight is 492 g/mol. The lowest BCUT2D eigenvalue weighted by molar-refractivity contribution is -0.422. The van der Waals surface area contributed by atoms with Gasteiger partial charge in [-0.3, -0.25) is 20.2 Å². The summed E-state index contributed by atoms with van der Waals surface area (Å²) in [5, 5.41) is 30.9. The Labute approximate surface area is 194 Å². The Morgan fingerprint density at radius 3 is 1.50 bits per heavy atom. The van der Waals surface area contributed by atoms with Crippen molar-refractivity contribution in [3.05, 3.63) is 32.4 Å². The first-order chi connectivity index (χ1) is 16.4. The average Bonchev–Trinajstić information content (AvgIpc) is 2.79. The molecule has 1 aromatic carbocycles. The van der Waals surface area contributed by atoms with Gasteiger partial charge in [0, 0.05) is 7.11 Å². The number of hydrogen-bond donors (Lipinski definition) is 1. The lowest BCUT2D eigenvalue weighted by Gasteiger charge is -2.13. The van der Waals surface area contributed by atoms with E-state index >= 15 is 0 Å². The van der Waals surface area contributed by atoms with E-state index in [4.69, 9.17) is 38.3 Å². The zero-order valence-corrected chi connectivity index (χ0v) is 18.7. The topological polar surface area (TPSA) is 188 Å². The van der Waals surface area contributed by atoms with Crippen LogP contribution in [0.2, 0.25) is 0 Å². The fraction of sp³-hybridized carbons (Fsp3) is 0.632. The quantitative estimate of drug-likeness (QED) is 0.146. The molecule has 0 atom stereocenters. The van der Waals surface area contributed by atoms with Crippen molar-refractivity contribution in [2.24, 2.45) is 0 Å². The highest BCUT2D eigenvalue weighted by Crippen LogP contribution is 2.39. The van der Waals surface area contributed by atoms with E-state index in [1.807, 2.05) is 0 Å². The van der Waals surface area contributed by atoms with Gasteiger partial charge >= 0.3 is 17.3 Å². The smallest absolute Gasteiger partial charge is 0.350 e. The molecule has 0 fully saturated rings. The Bertz CT molecular complexity index is 775. The van der Waals surface area contributed by atoms with Crippen molar-refractivity contribution < 1.29 is 52.9 Å². The molecule has 1 N–H and O–H groups in total. The van der Waals surface area contributed by atoms with Gasteiger partial charge in [0.25, 0.3) is 0 Å². The van der Waals surface area contributed by atoms with Gasteiger partial charge in [0.05, 0.1) is 74.8 Å². The summed E-state index contributed by atoms with van der Waals surface area (Å²) in [6.45, 7) is 1.39. The molecule has 0 bridgehead atoms. The van der Waals surface area contributed by atoms with Crippen LogP contribution >= 0.6 is 0 Å². The van der Waals surface area contributed by atoms with Gasteiger partial charge in [-0.2, -0.15) is 0 Å². The molecule has 15 heteroatoms. The van der Waals surface area contributed by atoms with Crippen molar-refractivity contribution in [1.82, 2.24) is 0 Å². The number of nitro groups is 2. The molecular formula is C19H28N2O13. The lowest BCUT2D eigenvalue weighted by Crippen LogP contribution is -2.15. The number of carboxylic acid groups (broad SMARTS) is 1. The van der Waals surface area contributed by atoms with E-state index in [1.165, 1.54) is 0 Å². The second-order valence-corrected chi connectivity index (χ2v) is 6.28. The highest BCUT2D eigenvalue weighted by atomic mass is 16.6. The molecule has 0 unspecified atom stereocenters. The molecule has 15 nitrogen and oxygen atoms in total. The number of nitro benzene ring substituents is 2. The second-order valence-electron chi connectivity index (χ2n) is 6.28. The first-order valence-electron chi connectivity index (χ1n) is 10.1. The Morgan fingerprint density at radius 1 is 0.735 bits per heavy atom. The lowest BCUT2D eigenvalue weighted by atomic mass is 10.2. The van der Waals surface area contributed by atoms with Gasteiger partial charge < -0.3 is 38.3 Å². The van der Waals surface area contributed by atoms with Crippen LogP contribution in [0.15, 0.2) is 12.1 Å². The molecule has 0 saturated carbocycles. The van der Waals surface area contributed by atoms with Crippen LogP contribution in [0.3, 0.4) is 0 Å². The number of benzene rings is 1. The van der Waals surface area contributed by atoms with E-state index in [1.54, 1.807) is 7.11 Å². The molecule has 0 aliphatic heterocycles. The molecule has 1 aromatic rings. The second kappa shape index (κ2) is 17.4. The number of carboxylic acids is 1. The maximum Gasteiger partial charge on any atom is 0.350 e. The first kappa shape index (κ1) is 28.9. The fourth-order valence-corrected chi connectivity index (χ4v) is 2.32. The summed E-state index contributed by atoms with van der Waals surface area (Å²) >= 11 is 0. The molecule has 1 rings (SSSR count). The van der Waals surface area contributed by atoms with Crippen molar-refractivity contribution in [3.8, 4) is 11.5 Å². The van der Waals surface area contributed by atoms with Crippen LogP contribution in [0.25, 0.3) is 0 Å². The number of rotatable bonds is 21. The summed E-state index contributed by atoms with van der Waals surface area (Å²) in [7, 11) is 1.56. The molecule has 0 heterocycles. The third-order valence-corrected chi connectivity index (χ3v) is 3.81. The third kappa shape index (κ3) is 12.2. The minimum Gasteiger partial charge on any atom is -0.487 e.